The van der Waals surface area contributed by atoms with Gasteiger partial charge in [-0.15, -0.1) is 11.3 Å². The van der Waals surface area contributed by atoms with Gasteiger partial charge in [0, 0.05) is 20.5 Å². The SMILES string of the molecule is O=Cc1c(-c2ccc(Oc3ccc(F)cc3)cc2)sc2cc(O)ccc12. The predicted octanol–water partition coefficient (Wildman–Crippen LogP) is 6.02. The summed E-state index contributed by atoms with van der Waals surface area (Å²) < 4.78 is 19.5. The van der Waals surface area contributed by atoms with Crippen molar-refractivity contribution in [1.29, 1.82) is 0 Å². The number of aldehydes is 1. The largest absolute Gasteiger partial charge is 0.508 e. The summed E-state index contributed by atoms with van der Waals surface area (Å²) in [6.07, 6.45) is 0.841. The molecular weight excluding hydrogens is 351 g/mol. The Morgan fingerprint density at radius 3 is 2.23 bits per heavy atom. The first-order chi connectivity index (χ1) is 12.6. The van der Waals surface area contributed by atoms with E-state index in [-0.39, 0.29) is 11.6 Å². The molecule has 0 bridgehead atoms. The van der Waals surface area contributed by atoms with E-state index in [1.807, 2.05) is 12.1 Å². The third-order valence-electron chi connectivity index (χ3n) is 4.00. The maximum atomic E-state index is 13.0. The van der Waals surface area contributed by atoms with Gasteiger partial charge in [0.25, 0.3) is 0 Å². The van der Waals surface area contributed by atoms with Crippen LogP contribution in [0.3, 0.4) is 0 Å². The second-order valence-electron chi connectivity index (χ2n) is 5.72. The molecular formula is C21H13FO3S. The average molecular weight is 364 g/mol. The lowest BCUT2D eigenvalue weighted by Gasteiger charge is -2.06. The van der Waals surface area contributed by atoms with Crippen molar-refractivity contribution in [1.82, 2.24) is 0 Å². The summed E-state index contributed by atoms with van der Waals surface area (Å²) in [5.41, 5.74) is 1.50. The number of aromatic hydroxyl groups is 1. The number of hydrogen-bond donors (Lipinski definition) is 1. The van der Waals surface area contributed by atoms with Gasteiger partial charge in [0.2, 0.25) is 0 Å². The van der Waals surface area contributed by atoms with Gasteiger partial charge in [-0.3, -0.25) is 4.79 Å². The molecule has 3 aromatic carbocycles. The van der Waals surface area contributed by atoms with E-state index in [0.29, 0.717) is 17.1 Å². The van der Waals surface area contributed by atoms with Gasteiger partial charge in [0.15, 0.2) is 6.29 Å². The molecule has 0 amide bonds. The normalized spacial score (nSPS) is 10.8. The van der Waals surface area contributed by atoms with E-state index in [1.165, 1.54) is 23.5 Å². The number of thiophene rings is 1. The molecule has 0 unspecified atom stereocenters. The molecule has 3 nitrogen and oxygen atoms in total. The summed E-state index contributed by atoms with van der Waals surface area (Å²) in [5, 5.41) is 10.5. The Morgan fingerprint density at radius 1 is 0.923 bits per heavy atom. The van der Waals surface area contributed by atoms with Gasteiger partial charge < -0.3 is 9.84 Å². The monoisotopic (exact) mass is 364 g/mol. The second-order valence-corrected chi connectivity index (χ2v) is 6.78. The number of phenolic OH excluding ortho intramolecular Hbond substituents is 1. The molecule has 128 valence electrons. The quantitative estimate of drug-likeness (QED) is 0.451. The highest BCUT2D eigenvalue weighted by molar-refractivity contribution is 7.22. The number of carbonyl (C=O) groups is 1. The number of hydrogen-bond acceptors (Lipinski definition) is 4. The minimum atomic E-state index is -0.315. The predicted molar refractivity (Wildman–Crippen MR) is 101 cm³/mol. The lowest BCUT2D eigenvalue weighted by Crippen LogP contribution is -1.86. The summed E-state index contributed by atoms with van der Waals surface area (Å²) >= 11 is 1.45. The minimum Gasteiger partial charge on any atom is -0.508 e. The Hall–Kier alpha value is -3.18. The lowest BCUT2D eigenvalue weighted by molar-refractivity contribution is 0.112. The first kappa shape index (κ1) is 16.3. The zero-order valence-electron chi connectivity index (χ0n) is 13.5. The van der Waals surface area contributed by atoms with E-state index in [1.54, 1.807) is 42.5 Å². The first-order valence-corrected chi connectivity index (χ1v) is 8.70. The molecule has 4 aromatic rings. The summed E-state index contributed by atoms with van der Waals surface area (Å²) in [6, 6.07) is 18.1. The Morgan fingerprint density at radius 2 is 1.58 bits per heavy atom. The molecule has 0 saturated heterocycles. The van der Waals surface area contributed by atoms with Crippen LogP contribution < -0.4 is 4.74 Å². The minimum absolute atomic E-state index is 0.172. The van der Waals surface area contributed by atoms with E-state index in [0.717, 1.165) is 26.8 Å². The molecule has 0 aliphatic rings. The smallest absolute Gasteiger partial charge is 0.152 e. The van der Waals surface area contributed by atoms with Crippen molar-refractivity contribution in [2.24, 2.45) is 0 Å². The topological polar surface area (TPSA) is 46.5 Å². The number of benzene rings is 3. The molecule has 26 heavy (non-hydrogen) atoms. The van der Waals surface area contributed by atoms with Crippen LogP contribution in [0.25, 0.3) is 20.5 Å². The van der Waals surface area contributed by atoms with Crippen LogP contribution in [0, 0.1) is 5.82 Å². The van der Waals surface area contributed by atoms with Crippen molar-refractivity contribution < 1.29 is 19.0 Å². The second kappa shape index (κ2) is 6.61. The third-order valence-corrected chi connectivity index (χ3v) is 5.21. The van der Waals surface area contributed by atoms with Crippen molar-refractivity contribution in [3.8, 4) is 27.7 Å². The molecule has 1 aromatic heterocycles. The summed E-state index contributed by atoms with van der Waals surface area (Å²) in [6.45, 7) is 0. The summed E-state index contributed by atoms with van der Waals surface area (Å²) in [4.78, 5) is 12.4. The molecule has 1 heterocycles. The highest BCUT2D eigenvalue weighted by Crippen LogP contribution is 2.39. The summed E-state index contributed by atoms with van der Waals surface area (Å²) in [5.74, 6) is 1.02. The van der Waals surface area contributed by atoms with Crippen molar-refractivity contribution in [3.63, 3.8) is 0 Å². The van der Waals surface area contributed by atoms with Crippen molar-refractivity contribution in [3.05, 3.63) is 78.1 Å². The van der Waals surface area contributed by atoms with Crippen LogP contribution in [0.4, 0.5) is 4.39 Å². The van der Waals surface area contributed by atoms with Gasteiger partial charge in [-0.05, 0) is 72.3 Å². The van der Waals surface area contributed by atoms with E-state index in [9.17, 15) is 14.3 Å². The zero-order valence-corrected chi connectivity index (χ0v) is 14.3. The highest BCUT2D eigenvalue weighted by Gasteiger charge is 2.14. The maximum Gasteiger partial charge on any atom is 0.152 e. The van der Waals surface area contributed by atoms with Gasteiger partial charge in [-0.1, -0.05) is 0 Å². The van der Waals surface area contributed by atoms with Crippen LogP contribution in [0.5, 0.6) is 17.2 Å². The number of carbonyl (C=O) groups excluding carboxylic acids is 1. The fourth-order valence-corrected chi connectivity index (χ4v) is 3.96. The molecule has 0 radical (unpaired) electrons. The van der Waals surface area contributed by atoms with Crippen molar-refractivity contribution >= 4 is 27.7 Å². The number of rotatable bonds is 4. The van der Waals surface area contributed by atoms with Crippen LogP contribution in [0.1, 0.15) is 10.4 Å². The van der Waals surface area contributed by atoms with Gasteiger partial charge in [0.1, 0.15) is 23.1 Å². The maximum absolute atomic E-state index is 13.0. The van der Waals surface area contributed by atoms with Crippen molar-refractivity contribution in [2.75, 3.05) is 0 Å². The van der Waals surface area contributed by atoms with Crippen LogP contribution >= 0.6 is 11.3 Å². The summed E-state index contributed by atoms with van der Waals surface area (Å²) in [7, 11) is 0. The van der Waals surface area contributed by atoms with Gasteiger partial charge >= 0.3 is 0 Å². The fourth-order valence-electron chi connectivity index (χ4n) is 2.75. The molecule has 0 fully saturated rings. The molecule has 0 saturated carbocycles. The molecule has 0 atom stereocenters. The Balaban J connectivity index is 1.67. The molecule has 0 aliphatic heterocycles. The van der Waals surface area contributed by atoms with E-state index in [4.69, 9.17) is 4.74 Å². The number of phenols is 1. The third kappa shape index (κ3) is 3.05. The van der Waals surface area contributed by atoms with Crippen LogP contribution in [-0.2, 0) is 0 Å². The molecule has 5 heteroatoms. The number of fused-ring (bicyclic) bond motifs is 1. The Bertz CT molecular complexity index is 1080. The van der Waals surface area contributed by atoms with Crippen LogP contribution in [0.2, 0.25) is 0 Å². The number of halogens is 1. The Kier molecular flexibility index (Phi) is 4.14. The van der Waals surface area contributed by atoms with E-state index < -0.39 is 0 Å². The average Bonchev–Trinajstić information content (AvgIpc) is 3.01. The molecule has 0 aliphatic carbocycles. The van der Waals surface area contributed by atoms with E-state index >= 15 is 0 Å². The molecule has 1 N–H and O–H groups in total. The van der Waals surface area contributed by atoms with Crippen LogP contribution in [-0.4, -0.2) is 11.4 Å². The van der Waals surface area contributed by atoms with Gasteiger partial charge in [0.05, 0.1) is 0 Å². The van der Waals surface area contributed by atoms with Gasteiger partial charge in [-0.2, -0.15) is 0 Å². The first-order valence-electron chi connectivity index (χ1n) is 7.88. The van der Waals surface area contributed by atoms with E-state index in [2.05, 4.69) is 0 Å². The van der Waals surface area contributed by atoms with Crippen molar-refractivity contribution in [2.45, 2.75) is 0 Å². The van der Waals surface area contributed by atoms with Gasteiger partial charge in [-0.25, -0.2) is 4.39 Å². The Labute approximate surface area is 152 Å². The lowest BCUT2D eigenvalue weighted by atomic mass is 10.1. The molecule has 0 spiro atoms. The zero-order chi connectivity index (χ0) is 18.1. The van der Waals surface area contributed by atoms with Crippen LogP contribution in [0.15, 0.2) is 66.7 Å². The highest BCUT2D eigenvalue weighted by atomic mass is 32.1. The standard InChI is InChI=1S/C21H13FO3S/c22-14-3-8-17(9-4-14)25-16-6-1-13(2-7-16)21-19(12-23)18-10-5-15(24)11-20(18)26-21/h1-12,24H. The number of ether oxygens (including phenoxy) is 1. The fraction of sp³-hybridized carbons (Fsp3) is 0. The molecule has 4 rings (SSSR count).